The van der Waals surface area contributed by atoms with Crippen LogP contribution in [0.2, 0.25) is 5.02 Å². The largest absolute Gasteiger partial charge is 0.395 e. The highest BCUT2D eigenvalue weighted by Crippen LogP contribution is 2.28. The lowest BCUT2D eigenvalue weighted by molar-refractivity contribution is 0.648. The molecule has 1 aromatic carbocycles. The van der Waals surface area contributed by atoms with E-state index >= 15 is 0 Å². The Morgan fingerprint density at radius 3 is 2.30 bits per heavy atom. The number of benzene rings is 1. The van der Waals surface area contributed by atoms with E-state index in [9.17, 15) is 0 Å². The van der Waals surface area contributed by atoms with E-state index in [0.29, 0.717) is 10.7 Å². The smallest absolute Gasteiger partial charge is 0.153 e. The van der Waals surface area contributed by atoms with Crippen molar-refractivity contribution in [2.75, 3.05) is 41.7 Å². The summed E-state index contributed by atoms with van der Waals surface area (Å²) in [5.74, 6) is 0.796. The fourth-order valence-electron chi connectivity index (χ4n) is 2.51. The minimum absolute atomic E-state index is 0.570. The first-order valence-electron chi connectivity index (χ1n) is 6.70. The van der Waals surface area contributed by atoms with Crippen molar-refractivity contribution in [1.82, 2.24) is 4.98 Å². The molecule has 1 fully saturated rings. The van der Waals surface area contributed by atoms with E-state index in [2.05, 4.69) is 39.0 Å². The van der Waals surface area contributed by atoms with E-state index in [0.717, 1.165) is 32.0 Å². The van der Waals surface area contributed by atoms with Crippen LogP contribution in [0.25, 0.3) is 0 Å². The van der Waals surface area contributed by atoms with Gasteiger partial charge in [-0.3, -0.25) is 0 Å². The maximum Gasteiger partial charge on any atom is 0.153 e. The van der Waals surface area contributed by atoms with Crippen LogP contribution in [-0.2, 0) is 0 Å². The summed E-state index contributed by atoms with van der Waals surface area (Å²) in [6.07, 6.45) is 1.71. The first-order valence-corrected chi connectivity index (χ1v) is 7.08. The Kier molecular flexibility index (Phi) is 3.65. The summed E-state index contributed by atoms with van der Waals surface area (Å²) in [7, 11) is 0. The van der Waals surface area contributed by atoms with Crippen molar-refractivity contribution in [3.63, 3.8) is 0 Å². The minimum atomic E-state index is 0.570. The zero-order valence-electron chi connectivity index (χ0n) is 11.2. The maximum atomic E-state index is 6.06. The number of nitrogen functional groups attached to an aromatic ring is 1. The van der Waals surface area contributed by atoms with Gasteiger partial charge in [-0.25, -0.2) is 4.98 Å². The molecule has 1 aliphatic heterocycles. The SMILES string of the molecule is Nc1c(Cl)ccnc1N1CCN(c2ccccc2)CC1. The van der Waals surface area contributed by atoms with E-state index in [4.69, 9.17) is 17.3 Å². The number of hydrogen-bond acceptors (Lipinski definition) is 4. The number of piperazine rings is 1. The molecule has 3 rings (SSSR count). The predicted octanol–water partition coefficient (Wildman–Crippen LogP) is 2.64. The summed E-state index contributed by atoms with van der Waals surface area (Å²) in [4.78, 5) is 8.93. The van der Waals surface area contributed by atoms with Gasteiger partial charge in [0.05, 0.1) is 10.7 Å². The van der Waals surface area contributed by atoms with Crippen LogP contribution >= 0.6 is 11.6 Å². The van der Waals surface area contributed by atoms with Crippen LogP contribution in [0.4, 0.5) is 17.2 Å². The second-order valence-corrected chi connectivity index (χ2v) is 5.25. The van der Waals surface area contributed by atoms with Crippen molar-refractivity contribution >= 4 is 28.8 Å². The van der Waals surface area contributed by atoms with Crippen LogP contribution in [0.3, 0.4) is 0 Å². The zero-order valence-corrected chi connectivity index (χ0v) is 11.9. The van der Waals surface area contributed by atoms with Crippen molar-refractivity contribution in [2.45, 2.75) is 0 Å². The molecule has 0 bridgehead atoms. The Morgan fingerprint density at radius 2 is 1.60 bits per heavy atom. The number of nitrogens with zero attached hydrogens (tertiary/aromatic N) is 3. The molecule has 0 amide bonds. The number of halogens is 1. The lowest BCUT2D eigenvalue weighted by atomic mass is 10.2. The first-order chi connectivity index (χ1) is 9.75. The lowest BCUT2D eigenvalue weighted by Gasteiger charge is -2.37. The third-order valence-electron chi connectivity index (χ3n) is 3.62. The maximum absolute atomic E-state index is 6.06. The summed E-state index contributed by atoms with van der Waals surface area (Å²) in [6.45, 7) is 3.70. The van der Waals surface area contributed by atoms with Crippen LogP contribution < -0.4 is 15.5 Å². The van der Waals surface area contributed by atoms with Gasteiger partial charge in [0.2, 0.25) is 0 Å². The van der Waals surface area contributed by atoms with Gasteiger partial charge in [-0.05, 0) is 18.2 Å². The molecule has 0 unspecified atom stereocenters. The number of anilines is 3. The van der Waals surface area contributed by atoms with Crippen molar-refractivity contribution in [1.29, 1.82) is 0 Å². The molecule has 1 aliphatic rings. The van der Waals surface area contributed by atoms with Gasteiger partial charge in [0.1, 0.15) is 0 Å². The molecule has 20 heavy (non-hydrogen) atoms. The Morgan fingerprint density at radius 1 is 0.950 bits per heavy atom. The molecular formula is C15H17ClN4. The topological polar surface area (TPSA) is 45.4 Å². The van der Waals surface area contributed by atoms with Gasteiger partial charge in [-0.1, -0.05) is 29.8 Å². The minimum Gasteiger partial charge on any atom is -0.395 e. The highest BCUT2D eigenvalue weighted by Gasteiger charge is 2.20. The molecule has 0 saturated carbocycles. The van der Waals surface area contributed by atoms with Crippen LogP contribution in [-0.4, -0.2) is 31.2 Å². The fourth-order valence-corrected chi connectivity index (χ4v) is 2.65. The molecule has 104 valence electrons. The Hall–Kier alpha value is -1.94. The summed E-state index contributed by atoms with van der Waals surface area (Å²) in [6, 6.07) is 12.2. The number of aromatic nitrogens is 1. The van der Waals surface area contributed by atoms with Crippen LogP contribution in [0.1, 0.15) is 0 Å². The molecule has 2 heterocycles. The van der Waals surface area contributed by atoms with Gasteiger partial charge in [-0.15, -0.1) is 0 Å². The van der Waals surface area contributed by atoms with Gasteiger partial charge in [-0.2, -0.15) is 0 Å². The van der Waals surface area contributed by atoms with Gasteiger partial charge >= 0.3 is 0 Å². The Balaban J connectivity index is 1.71. The average molecular weight is 289 g/mol. The van der Waals surface area contributed by atoms with Crippen molar-refractivity contribution in [3.05, 3.63) is 47.6 Å². The third-order valence-corrected chi connectivity index (χ3v) is 3.95. The number of nitrogens with two attached hydrogens (primary N) is 1. The molecule has 1 saturated heterocycles. The van der Waals surface area contributed by atoms with Gasteiger partial charge in [0.25, 0.3) is 0 Å². The molecule has 4 nitrogen and oxygen atoms in total. The molecule has 1 aromatic heterocycles. The summed E-state index contributed by atoms with van der Waals surface area (Å²) in [5.41, 5.74) is 7.84. The van der Waals surface area contributed by atoms with Crippen molar-refractivity contribution < 1.29 is 0 Å². The normalized spacial score (nSPS) is 15.4. The van der Waals surface area contributed by atoms with Gasteiger partial charge in [0, 0.05) is 38.1 Å². The molecule has 0 atom stereocenters. The summed E-state index contributed by atoms with van der Waals surface area (Å²) < 4.78 is 0. The standard InChI is InChI=1S/C15H17ClN4/c16-13-6-7-18-15(14(13)17)20-10-8-19(9-11-20)12-4-2-1-3-5-12/h1-7H,8-11,17H2. The molecule has 2 N–H and O–H groups in total. The second kappa shape index (κ2) is 5.59. The molecule has 5 heteroatoms. The predicted molar refractivity (Wildman–Crippen MR) is 84.5 cm³/mol. The number of para-hydroxylation sites is 1. The van der Waals surface area contributed by atoms with E-state index in [1.807, 2.05) is 6.07 Å². The van der Waals surface area contributed by atoms with E-state index in [1.165, 1.54) is 5.69 Å². The van der Waals surface area contributed by atoms with E-state index < -0.39 is 0 Å². The van der Waals surface area contributed by atoms with Gasteiger partial charge < -0.3 is 15.5 Å². The summed E-state index contributed by atoms with van der Waals surface area (Å²) >= 11 is 6.06. The van der Waals surface area contributed by atoms with Gasteiger partial charge in [0.15, 0.2) is 5.82 Å². The molecule has 0 spiro atoms. The quantitative estimate of drug-likeness (QED) is 0.923. The fraction of sp³-hybridized carbons (Fsp3) is 0.267. The third kappa shape index (κ3) is 2.51. The van der Waals surface area contributed by atoms with Crippen LogP contribution in [0, 0.1) is 0 Å². The highest BCUT2D eigenvalue weighted by atomic mass is 35.5. The molecule has 0 aliphatic carbocycles. The Labute approximate surface area is 123 Å². The highest BCUT2D eigenvalue weighted by molar-refractivity contribution is 6.33. The van der Waals surface area contributed by atoms with Crippen LogP contribution in [0.15, 0.2) is 42.6 Å². The van der Waals surface area contributed by atoms with Crippen molar-refractivity contribution in [2.24, 2.45) is 0 Å². The zero-order chi connectivity index (χ0) is 13.9. The Bertz CT molecular complexity index is 580. The lowest BCUT2D eigenvalue weighted by Crippen LogP contribution is -2.47. The molecule has 0 radical (unpaired) electrons. The summed E-state index contributed by atoms with van der Waals surface area (Å²) in [5, 5.41) is 0.570. The van der Waals surface area contributed by atoms with E-state index in [-0.39, 0.29) is 0 Å². The number of pyridine rings is 1. The molecule has 2 aromatic rings. The average Bonchev–Trinajstić information content (AvgIpc) is 2.51. The van der Waals surface area contributed by atoms with Crippen LogP contribution in [0.5, 0.6) is 0 Å². The first kappa shape index (κ1) is 13.1. The monoisotopic (exact) mass is 288 g/mol. The second-order valence-electron chi connectivity index (χ2n) is 4.84. The van der Waals surface area contributed by atoms with E-state index in [1.54, 1.807) is 12.3 Å². The number of rotatable bonds is 2. The molecular weight excluding hydrogens is 272 g/mol. The number of hydrogen-bond donors (Lipinski definition) is 1. The van der Waals surface area contributed by atoms with Crippen molar-refractivity contribution in [3.8, 4) is 0 Å².